The van der Waals surface area contributed by atoms with Crippen LogP contribution in [0.2, 0.25) is 0 Å². The fraction of sp³-hybridized carbons (Fsp3) is 0.550. The topological polar surface area (TPSA) is 50.1 Å². The van der Waals surface area contributed by atoms with Gasteiger partial charge in [0.25, 0.3) is 0 Å². The molecule has 0 amide bonds. The number of aliphatic hydroxyl groups excluding tert-OH is 1. The number of rotatable bonds is 7. The fourth-order valence-corrected chi connectivity index (χ4v) is 3.14. The predicted molar refractivity (Wildman–Crippen MR) is 98.8 cm³/mol. The summed E-state index contributed by atoms with van der Waals surface area (Å²) in [5.74, 6) is -0.213. The molecule has 1 aromatic carbocycles. The number of nitrogens with zero attached hydrogens (tertiary/aromatic N) is 2. The average Bonchev–Trinajstić information content (AvgIpc) is 2.78. The molecule has 0 aliphatic carbocycles. The number of hydrogen-bond acceptors (Lipinski definition) is 3. The molecule has 5 heteroatoms. The van der Waals surface area contributed by atoms with Gasteiger partial charge in [-0.05, 0) is 43.4 Å². The molecule has 4 nitrogen and oxygen atoms in total. The molecule has 2 aromatic rings. The van der Waals surface area contributed by atoms with E-state index in [1.807, 2.05) is 30.7 Å². The Morgan fingerprint density at radius 1 is 1.20 bits per heavy atom. The first-order valence-corrected chi connectivity index (χ1v) is 8.84. The molecule has 0 aliphatic heterocycles. The summed E-state index contributed by atoms with van der Waals surface area (Å²) in [5.41, 5.74) is 4.46. The van der Waals surface area contributed by atoms with Crippen LogP contribution in [0.25, 0.3) is 0 Å². The van der Waals surface area contributed by atoms with E-state index < -0.39 is 0 Å². The van der Waals surface area contributed by atoms with Crippen LogP contribution in [-0.2, 0) is 13.1 Å². The van der Waals surface area contributed by atoms with Gasteiger partial charge in [-0.15, -0.1) is 0 Å². The van der Waals surface area contributed by atoms with Gasteiger partial charge in [0, 0.05) is 23.8 Å². The van der Waals surface area contributed by atoms with E-state index in [-0.39, 0.29) is 23.9 Å². The third kappa shape index (κ3) is 5.38. The Labute approximate surface area is 150 Å². The van der Waals surface area contributed by atoms with Crippen LogP contribution in [0.1, 0.15) is 55.7 Å². The molecule has 1 heterocycles. The monoisotopic (exact) mass is 347 g/mol. The highest BCUT2D eigenvalue weighted by Crippen LogP contribution is 2.30. The normalized spacial score (nSPS) is 13.2. The van der Waals surface area contributed by atoms with Gasteiger partial charge in [-0.25, -0.2) is 4.39 Å². The maximum absolute atomic E-state index is 13.3. The van der Waals surface area contributed by atoms with E-state index in [0.29, 0.717) is 13.1 Å². The van der Waals surface area contributed by atoms with Gasteiger partial charge in [-0.2, -0.15) is 5.10 Å². The van der Waals surface area contributed by atoms with Crippen LogP contribution in [0.4, 0.5) is 4.39 Å². The minimum absolute atomic E-state index is 0.0804. The van der Waals surface area contributed by atoms with Crippen LogP contribution < -0.4 is 5.32 Å². The van der Waals surface area contributed by atoms with E-state index in [1.54, 1.807) is 0 Å². The largest absolute Gasteiger partial charge is 0.394 e. The Hall–Kier alpha value is -1.72. The molecular formula is C20H30FN3O. The number of halogens is 1. The van der Waals surface area contributed by atoms with Gasteiger partial charge in [0.1, 0.15) is 5.82 Å². The van der Waals surface area contributed by atoms with Gasteiger partial charge in [-0.3, -0.25) is 4.68 Å². The lowest BCUT2D eigenvalue weighted by atomic mass is 9.85. The van der Waals surface area contributed by atoms with Crippen LogP contribution in [0.15, 0.2) is 24.3 Å². The number of benzene rings is 1. The highest BCUT2D eigenvalue weighted by molar-refractivity contribution is 5.26. The van der Waals surface area contributed by atoms with Gasteiger partial charge in [0.2, 0.25) is 0 Å². The molecular weight excluding hydrogens is 317 g/mol. The first-order valence-electron chi connectivity index (χ1n) is 8.84. The van der Waals surface area contributed by atoms with E-state index in [4.69, 9.17) is 5.11 Å². The van der Waals surface area contributed by atoms with Crippen LogP contribution in [0.5, 0.6) is 0 Å². The Bertz CT molecular complexity index is 686. The van der Waals surface area contributed by atoms with Crippen molar-refractivity contribution >= 4 is 0 Å². The van der Waals surface area contributed by atoms with Crippen molar-refractivity contribution in [3.63, 3.8) is 0 Å². The van der Waals surface area contributed by atoms with Crippen LogP contribution in [0.3, 0.4) is 0 Å². The summed E-state index contributed by atoms with van der Waals surface area (Å²) < 4.78 is 15.1. The number of aromatic nitrogens is 2. The zero-order chi connectivity index (χ0) is 18.6. The molecule has 138 valence electrons. The summed E-state index contributed by atoms with van der Waals surface area (Å²) in [7, 11) is 0. The molecule has 0 bridgehead atoms. The lowest BCUT2D eigenvalue weighted by molar-refractivity contribution is 0.267. The minimum atomic E-state index is -0.213. The first-order chi connectivity index (χ1) is 11.7. The quantitative estimate of drug-likeness (QED) is 0.799. The maximum atomic E-state index is 13.3. The second-order valence-corrected chi connectivity index (χ2v) is 7.85. The Kier molecular flexibility index (Phi) is 6.36. The van der Waals surface area contributed by atoms with Crippen molar-refractivity contribution < 1.29 is 9.50 Å². The van der Waals surface area contributed by atoms with E-state index in [0.717, 1.165) is 28.9 Å². The zero-order valence-corrected chi connectivity index (χ0v) is 15.9. The van der Waals surface area contributed by atoms with Crippen LogP contribution in [0, 0.1) is 25.1 Å². The summed E-state index contributed by atoms with van der Waals surface area (Å²) in [6.45, 7) is 11.9. The lowest BCUT2D eigenvalue weighted by Gasteiger charge is -2.27. The van der Waals surface area contributed by atoms with Crippen molar-refractivity contribution in [2.45, 2.75) is 60.2 Å². The molecule has 0 saturated carbocycles. The molecule has 0 aliphatic rings. The van der Waals surface area contributed by atoms with Crippen LogP contribution in [-0.4, -0.2) is 21.5 Å². The van der Waals surface area contributed by atoms with Gasteiger partial charge in [-0.1, -0.05) is 32.9 Å². The van der Waals surface area contributed by atoms with Crippen molar-refractivity contribution in [1.29, 1.82) is 0 Å². The summed E-state index contributed by atoms with van der Waals surface area (Å²) in [6.07, 6.45) is 0.946. The second-order valence-electron chi connectivity index (χ2n) is 7.85. The summed E-state index contributed by atoms with van der Waals surface area (Å²) in [6, 6.07) is 6.88. The molecule has 2 N–H and O–H groups in total. The summed E-state index contributed by atoms with van der Waals surface area (Å²) in [5, 5.41) is 17.3. The molecule has 1 unspecified atom stereocenters. The van der Waals surface area contributed by atoms with E-state index in [9.17, 15) is 4.39 Å². The molecule has 1 aromatic heterocycles. The molecule has 0 fully saturated rings. The minimum Gasteiger partial charge on any atom is -0.394 e. The van der Waals surface area contributed by atoms with Crippen molar-refractivity contribution in [2.24, 2.45) is 5.41 Å². The Balaban J connectivity index is 2.19. The molecule has 2 rings (SSSR count). The fourth-order valence-electron chi connectivity index (χ4n) is 3.14. The van der Waals surface area contributed by atoms with Gasteiger partial charge < -0.3 is 10.4 Å². The first kappa shape index (κ1) is 19.6. The molecule has 1 atom stereocenters. The standard InChI is InChI=1S/C20H30FN3O/c1-14-18(15(2)24(23-14)10-11-25)13-22-19(12-20(3,4)5)16-6-8-17(21)9-7-16/h6-9,19,22,25H,10-13H2,1-5H3. The van der Waals surface area contributed by atoms with E-state index in [2.05, 4.69) is 31.2 Å². The number of nitrogens with one attached hydrogen (secondary N) is 1. The van der Waals surface area contributed by atoms with Crippen molar-refractivity contribution in [3.8, 4) is 0 Å². The lowest BCUT2D eigenvalue weighted by Crippen LogP contribution is -2.26. The van der Waals surface area contributed by atoms with E-state index >= 15 is 0 Å². The molecule has 0 spiro atoms. The Morgan fingerprint density at radius 3 is 2.40 bits per heavy atom. The highest BCUT2D eigenvalue weighted by Gasteiger charge is 2.21. The van der Waals surface area contributed by atoms with Crippen molar-refractivity contribution in [3.05, 3.63) is 52.6 Å². The predicted octanol–water partition coefficient (Wildman–Crippen LogP) is 3.90. The van der Waals surface area contributed by atoms with Gasteiger partial charge in [0.15, 0.2) is 0 Å². The van der Waals surface area contributed by atoms with Crippen molar-refractivity contribution in [1.82, 2.24) is 15.1 Å². The average molecular weight is 347 g/mol. The zero-order valence-electron chi connectivity index (χ0n) is 15.9. The van der Waals surface area contributed by atoms with E-state index in [1.165, 1.54) is 12.1 Å². The van der Waals surface area contributed by atoms with Crippen molar-refractivity contribution in [2.75, 3.05) is 6.61 Å². The third-order valence-corrected chi connectivity index (χ3v) is 4.46. The second kappa shape index (κ2) is 8.11. The highest BCUT2D eigenvalue weighted by atomic mass is 19.1. The van der Waals surface area contributed by atoms with Crippen LogP contribution >= 0.6 is 0 Å². The smallest absolute Gasteiger partial charge is 0.123 e. The third-order valence-electron chi connectivity index (χ3n) is 4.46. The summed E-state index contributed by atoms with van der Waals surface area (Å²) >= 11 is 0. The Morgan fingerprint density at radius 2 is 1.84 bits per heavy atom. The number of hydrogen-bond donors (Lipinski definition) is 2. The van der Waals surface area contributed by atoms with Gasteiger partial charge >= 0.3 is 0 Å². The molecule has 25 heavy (non-hydrogen) atoms. The molecule has 0 radical (unpaired) electrons. The van der Waals surface area contributed by atoms with Gasteiger partial charge in [0.05, 0.1) is 18.8 Å². The summed E-state index contributed by atoms with van der Waals surface area (Å²) in [4.78, 5) is 0. The SMILES string of the molecule is Cc1nn(CCO)c(C)c1CNC(CC(C)(C)C)c1ccc(F)cc1. The number of aliphatic hydroxyl groups is 1. The molecule has 0 saturated heterocycles. The number of aryl methyl sites for hydroxylation is 1. The maximum Gasteiger partial charge on any atom is 0.123 e.